The monoisotopic (exact) mass is 266 g/mol. The van der Waals surface area contributed by atoms with E-state index in [2.05, 4.69) is 4.98 Å². The average molecular weight is 266 g/mol. The highest BCUT2D eigenvalue weighted by molar-refractivity contribution is 5.48. The molecule has 102 valence electrons. The first-order valence-corrected chi connectivity index (χ1v) is 6.96. The van der Waals surface area contributed by atoms with Crippen molar-refractivity contribution < 1.29 is 4.65 Å². The summed E-state index contributed by atoms with van der Waals surface area (Å²) in [7, 11) is 0. The molecule has 1 saturated heterocycles. The molecule has 0 saturated carbocycles. The molecule has 0 bridgehead atoms. The molecule has 3 rings (SSSR count). The van der Waals surface area contributed by atoms with Gasteiger partial charge in [0.15, 0.2) is 0 Å². The van der Waals surface area contributed by atoms with Crippen LogP contribution in [-0.2, 0) is 6.54 Å². The second-order valence-corrected chi connectivity index (χ2v) is 5.32. The van der Waals surface area contributed by atoms with Crippen LogP contribution < -0.4 is 0 Å². The Morgan fingerprint density at radius 3 is 2.70 bits per heavy atom. The highest BCUT2D eigenvalue weighted by Gasteiger charge is 2.37. The Balaban J connectivity index is 1.68. The maximum Gasteiger partial charge on any atom is 0.113 e. The third-order valence-electron chi connectivity index (χ3n) is 3.90. The number of pyridine rings is 1. The van der Waals surface area contributed by atoms with Gasteiger partial charge in [0.2, 0.25) is 0 Å². The van der Waals surface area contributed by atoms with Crippen LogP contribution in [0.3, 0.4) is 0 Å². The first-order valence-electron chi connectivity index (χ1n) is 6.96. The number of quaternary nitrogens is 1. The molecule has 3 nitrogen and oxygen atoms in total. The first kappa shape index (κ1) is 13.0. The average Bonchev–Trinajstić information content (AvgIpc) is 2.48. The number of hydrogen-bond acceptors (Lipinski definition) is 2. The Bertz CT molecular complexity index is 582. The third-order valence-corrected chi connectivity index (χ3v) is 3.90. The lowest BCUT2D eigenvalue weighted by Gasteiger charge is -2.55. The van der Waals surface area contributed by atoms with Crippen molar-refractivity contribution in [1.29, 1.82) is 0 Å². The van der Waals surface area contributed by atoms with Crippen LogP contribution in [0.4, 0.5) is 0 Å². The molecule has 0 N–H and O–H groups in total. The molecule has 2 atom stereocenters. The van der Waals surface area contributed by atoms with Crippen LogP contribution in [0, 0.1) is 5.21 Å². The van der Waals surface area contributed by atoms with E-state index < -0.39 is 0 Å². The Morgan fingerprint density at radius 2 is 2.05 bits per heavy atom. The third kappa shape index (κ3) is 2.79. The van der Waals surface area contributed by atoms with Crippen LogP contribution in [0.2, 0.25) is 0 Å². The van der Waals surface area contributed by atoms with Crippen LogP contribution in [0.15, 0.2) is 60.9 Å². The van der Waals surface area contributed by atoms with Crippen molar-refractivity contribution in [3.8, 4) is 0 Å². The Labute approximate surface area is 119 Å². The zero-order valence-corrected chi connectivity index (χ0v) is 11.4. The van der Waals surface area contributed by atoms with Crippen LogP contribution in [-0.4, -0.2) is 22.2 Å². The summed E-state index contributed by atoms with van der Waals surface area (Å²) in [5, 5.41) is 12.8. The largest absolute Gasteiger partial charge is 0.632 e. The van der Waals surface area contributed by atoms with Crippen LogP contribution in [0.25, 0.3) is 6.08 Å². The van der Waals surface area contributed by atoms with Crippen LogP contribution >= 0.6 is 0 Å². The summed E-state index contributed by atoms with van der Waals surface area (Å²) < 4.78 is -0.138. The van der Waals surface area contributed by atoms with Crippen molar-refractivity contribution in [3.05, 3.63) is 77.3 Å². The number of benzene rings is 1. The van der Waals surface area contributed by atoms with Gasteiger partial charge in [0, 0.05) is 18.0 Å². The van der Waals surface area contributed by atoms with Gasteiger partial charge < -0.3 is 9.85 Å². The number of rotatable bonds is 4. The lowest BCUT2D eigenvalue weighted by Crippen LogP contribution is -2.59. The summed E-state index contributed by atoms with van der Waals surface area (Å²) in [6.07, 6.45) is 8.58. The minimum absolute atomic E-state index is 0.0652. The highest BCUT2D eigenvalue weighted by Crippen LogP contribution is 2.31. The Hall–Kier alpha value is -1.97. The van der Waals surface area contributed by atoms with Gasteiger partial charge >= 0.3 is 0 Å². The molecule has 3 heteroatoms. The lowest BCUT2D eigenvalue weighted by atomic mass is 9.99. The fraction of sp³-hybridized carbons (Fsp3) is 0.235. The van der Waals surface area contributed by atoms with E-state index in [0.29, 0.717) is 13.1 Å². The van der Waals surface area contributed by atoms with Gasteiger partial charge in [-0.2, -0.15) is 0 Å². The Kier molecular flexibility index (Phi) is 3.63. The van der Waals surface area contributed by atoms with E-state index in [-0.39, 0.29) is 10.7 Å². The van der Waals surface area contributed by atoms with Gasteiger partial charge in [-0.25, -0.2) is 0 Å². The van der Waals surface area contributed by atoms with Crippen molar-refractivity contribution in [1.82, 2.24) is 4.98 Å². The molecule has 1 aliphatic heterocycles. The van der Waals surface area contributed by atoms with Crippen LogP contribution in [0.5, 0.6) is 0 Å². The van der Waals surface area contributed by atoms with E-state index in [9.17, 15) is 5.21 Å². The maximum atomic E-state index is 12.8. The van der Waals surface area contributed by atoms with Gasteiger partial charge in [-0.3, -0.25) is 4.98 Å². The van der Waals surface area contributed by atoms with Gasteiger partial charge in [-0.05, 0) is 17.7 Å². The van der Waals surface area contributed by atoms with Crippen molar-refractivity contribution in [2.45, 2.75) is 19.0 Å². The molecule has 2 unspecified atom stereocenters. The fourth-order valence-corrected chi connectivity index (χ4v) is 2.60. The van der Waals surface area contributed by atoms with Gasteiger partial charge in [-0.1, -0.05) is 42.5 Å². The fourth-order valence-electron chi connectivity index (χ4n) is 2.60. The summed E-state index contributed by atoms with van der Waals surface area (Å²) in [4.78, 5) is 4.08. The predicted molar refractivity (Wildman–Crippen MR) is 80.3 cm³/mol. The van der Waals surface area contributed by atoms with Gasteiger partial charge in [0.25, 0.3) is 0 Å². The van der Waals surface area contributed by atoms with Crippen molar-refractivity contribution in [3.63, 3.8) is 0 Å². The summed E-state index contributed by atoms with van der Waals surface area (Å²) in [6.45, 7) is 1.26. The summed E-state index contributed by atoms with van der Waals surface area (Å²) in [5.41, 5.74) is 2.16. The zero-order valence-electron chi connectivity index (χ0n) is 11.4. The lowest BCUT2D eigenvalue weighted by molar-refractivity contribution is -0.951. The van der Waals surface area contributed by atoms with Crippen molar-refractivity contribution >= 4 is 6.08 Å². The topological polar surface area (TPSA) is 36.0 Å². The van der Waals surface area contributed by atoms with E-state index in [1.165, 1.54) is 0 Å². The molecule has 2 heterocycles. The molecule has 1 aromatic heterocycles. The molecule has 1 aromatic carbocycles. The molecular weight excluding hydrogens is 248 g/mol. The smallest absolute Gasteiger partial charge is 0.113 e. The van der Waals surface area contributed by atoms with E-state index >= 15 is 0 Å². The number of hydroxylamine groups is 3. The highest BCUT2D eigenvalue weighted by atomic mass is 16.6. The van der Waals surface area contributed by atoms with Crippen molar-refractivity contribution in [2.75, 3.05) is 6.54 Å². The van der Waals surface area contributed by atoms with Crippen molar-refractivity contribution in [2.24, 2.45) is 0 Å². The summed E-state index contributed by atoms with van der Waals surface area (Å²) in [5.74, 6) is 0. The number of nitrogens with zero attached hydrogens (tertiary/aromatic N) is 2. The molecule has 1 fully saturated rings. The molecular formula is C17H18N2O. The standard InChI is InChI=1S/C17H18N2O/c20-19(14-16-5-2-1-3-6-16)12-10-17(19)9-8-15-7-4-11-18-13-15/h1-9,11,13,17H,10,12,14H2. The molecule has 20 heavy (non-hydrogen) atoms. The molecule has 2 aromatic rings. The summed E-state index contributed by atoms with van der Waals surface area (Å²) in [6, 6.07) is 14.0. The quantitative estimate of drug-likeness (QED) is 0.628. The molecule has 0 amide bonds. The summed E-state index contributed by atoms with van der Waals surface area (Å²) >= 11 is 0. The first-order chi connectivity index (χ1) is 9.76. The second kappa shape index (κ2) is 5.57. The van der Waals surface area contributed by atoms with E-state index in [4.69, 9.17) is 0 Å². The SMILES string of the molecule is [O-][N+]1(Cc2ccccc2)CCC1C=Cc1cccnc1. The van der Waals surface area contributed by atoms with Gasteiger partial charge in [-0.15, -0.1) is 0 Å². The minimum Gasteiger partial charge on any atom is -0.632 e. The van der Waals surface area contributed by atoms with Crippen LogP contribution in [0.1, 0.15) is 17.5 Å². The number of likely N-dealkylation sites (tertiary alicyclic amines) is 1. The predicted octanol–water partition coefficient (Wildman–Crippen LogP) is 3.38. The van der Waals surface area contributed by atoms with Gasteiger partial charge in [0.1, 0.15) is 12.6 Å². The minimum atomic E-state index is -0.138. The van der Waals surface area contributed by atoms with Gasteiger partial charge in [0.05, 0.1) is 13.0 Å². The maximum absolute atomic E-state index is 12.8. The van der Waals surface area contributed by atoms with E-state index in [1.807, 2.05) is 60.8 Å². The van der Waals surface area contributed by atoms with E-state index in [0.717, 1.165) is 17.5 Å². The Morgan fingerprint density at radius 1 is 1.20 bits per heavy atom. The zero-order chi connectivity index (χ0) is 13.8. The number of aromatic nitrogens is 1. The molecule has 0 radical (unpaired) electrons. The van der Waals surface area contributed by atoms with E-state index in [1.54, 1.807) is 6.20 Å². The number of hydrogen-bond donors (Lipinski definition) is 0. The molecule has 0 aliphatic carbocycles. The normalized spacial score (nSPS) is 25.6. The second-order valence-electron chi connectivity index (χ2n) is 5.32. The molecule has 0 spiro atoms. The molecule has 1 aliphatic rings.